The second kappa shape index (κ2) is 2.50. The largest absolute Gasteiger partial charge is 0.253 e. The summed E-state index contributed by atoms with van der Waals surface area (Å²) in [7, 11) is 0. The van der Waals surface area contributed by atoms with E-state index < -0.39 is 0 Å². The van der Waals surface area contributed by atoms with E-state index >= 15 is 0 Å². The molecule has 2 aromatic heterocycles. The molecule has 0 fully saturated rings. The van der Waals surface area contributed by atoms with Crippen molar-refractivity contribution >= 4 is 32.5 Å². The monoisotopic (exact) mass is 186 g/mol. The zero-order chi connectivity index (χ0) is 8.67. The van der Waals surface area contributed by atoms with Gasteiger partial charge >= 0.3 is 0 Å². The summed E-state index contributed by atoms with van der Waals surface area (Å²) < 4.78 is 1.27. The van der Waals surface area contributed by atoms with E-state index in [2.05, 4.69) is 33.5 Å². The molecule has 2 heterocycles. The molecular formula is C10H6N2S. The highest BCUT2D eigenvalue weighted by molar-refractivity contribution is 7.17. The van der Waals surface area contributed by atoms with Gasteiger partial charge in [-0.2, -0.15) is 0 Å². The van der Waals surface area contributed by atoms with Gasteiger partial charge < -0.3 is 0 Å². The first-order valence-corrected chi connectivity index (χ1v) is 4.89. The molecule has 13 heavy (non-hydrogen) atoms. The topological polar surface area (TPSA) is 25.8 Å². The number of aromatic nitrogens is 2. The third-order valence-corrected chi connectivity index (χ3v) is 2.92. The second-order valence-electron chi connectivity index (χ2n) is 2.86. The van der Waals surface area contributed by atoms with Gasteiger partial charge in [0.05, 0.1) is 11.0 Å². The number of fused-ring (bicyclic) bond motifs is 2. The second-order valence-corrected chi connectivity index (χ2v) is 3.80. The predicted octanol–water partition coefficient (Wildman–Crippen LogP) is 2.84. The minimum atomic E-state index is 0.966. The minimum Gasteiger partial charge on any atom is -0.253 e. The predicted molar refractivity (Wildman–Crippen MR) is 54.9 cm³/mol. The Labute approximate surface area is 78.9 Å². The van der Waals surface area contributed by atoms with E-state index in [9.17, 15) is 0 Å². The third-order valence-electron chi connectivity index (χ3n) is 2.04. The van der Waals surface area contributed by atoms with E-state index in [-0.39, 0.29) is 0 Å². The van der Waals surface area contributed by atoms with Crippen molar-refractivity contribution in [3.8, 4) is 0 Å². The van der Waals surface area contributed by atoms with Gasteiger partial charge in [-0.1, -0.05) is 0 Å². The first-order valence-electron chi connectivity index (χ1n) is 4.01. The van der Waals surface area contributed by atoms with E-state index in [1.807, 2.05) is 0 Å². The number of nitrogens with zero attached hydrogens (tertiary/aromatic N) is 2. The van der Waals surface area contributed by atoms with Crippen LogP contribution in [0.1, 0.15) is 0 Å². The molecule has 2 nitrogen and oxygen atoms in total. The molecular weight excluding hydrogens is 180 g/mol. The Bertz CT molecular complexity index is 521. The quantitative estimate of drug-likeness (QED) is 0.539. The maximum atomic E-state index is 4.26. The van der Waals surface area contributed by atoms with Gasteiger partial charge in [0.15, 0.2) is 0 Å². The van der Waals surface area contributed by atoms with Gasteiger partial charge in [-0.15, -0.1) is 11.3 Å². The molecule has 0 aliphatic carbocycles. The Morgan fingerprint density at radius 2 is 1.77 bits per heavy atom. The molecule has 3 aromatic rings. The third kappa shape index (κ3) is 1.01. The van der Waals surface area contributed by atoms with Crippen molar-refractivity contribution in [1.29, 1.82) is 0 Å². The van der Waals surface area contributed by atoms with Gasteiger partial charge in [-0.25, -0.2) is 0 Å². The van der Waals surface area contributed by atoms with Crippen molar-refractivity contribution in [3.05, 3.63) is 36.0 Å². The zero-order valence-electron chi connectivity index (χ0n) is 6.77. The van der Waals surface area contributed by atoms with Crippen LogP contribution in [0.4, 0.5) is 0 Å². The first-order chi connectivity index (χ1) is 6.43. The van der Waals surface area contributed by atoms with Gasteiger partial charge in [-0.3, -0.25) is 9.97 Å². The maximum Gasteiger partial charge on any atom is 0.0901 e. The van der Waals surface area contributed by atoms with E-state index in [0.717, 1.165) is 11.0 Å². The molecule has 0 radical (unpaired) electrons. The Hall–Kier alpha value is -1.48. The van der Waals surface area contributed by atoms with Crippen molar-refractivity contribution in [2.75, 3.05) is 0 Å². The SMILES string of the molecule is c1cnc2cc3sccc3cc2n1. The number of hydrogen-bond acceptors (Lipinski definition) is 3. The van der Waals surface area contributed by atoms with Crippen molar-refractivity contribution in [2.24, 2.45) is 0 Å². The summed E-state index contributed by atoms with van der Waals surface area (Å²) in [4.78, 5) is 8.51. The molecule has 0 saturated carbocycles. The summed E-state index contributed by atoms with van der Waals surface area (Å²) in [5.74, 6) is 0. The lowest BCUT2D eigenvalue weighted by Crippen LogP contribution is -1.80. The van der Waals surface area contributed by atoms with Crippen LogP contribution in [0, 0.1) is 0 Å². The van der Waals surface area contributed by atoms with E-state index in [1.54, 1.807) is 23.7 Å². The smallest absolute Gasteiger partial charge is 0.0901 e. The highest BCUT2D eigenvalue weighted by atomic mass is 32.1. The van der Waals surface area contributed by atoms with E-state index in [0.29, 0.717) is 0 Å². The standard InChI is InChI=1S/C10H6N2S/c1-4-13-10-6-9-8(5-7(1)10)11-2-3-12-9/h1-6H. The Morgan fingerprint density at radius 3 is 2.62 bits per heavy atom. The molecule has 0 unspecified atom stereocenters. The lowest BCUT2D eigenvalue weighted by Gasteiger charge is -1.94. The van der Waals surface area contributed by atoms with Crippen LogP contribution >= 0.6 is 11.3 Å². The summed E-state index contributed by atoms with van der Waals surface area (Å²) in [5.41, 5.74) is 1.94. The molecule has 0 amide bonds. The molecule has 0 N–H and O–H groups in total. The van der Waals surface area contributed by atoms with Crippen molar-refractivity contribution in [3.63, 3.8) is 0 Å². The molecule has 0 aliphatic rings. The molecule has 1 aromatic carbocycles. The molecule has 3 rings (SSSR count). The van der Waals surface area contributed by atoms with Crippen LogP contribution < -0.4 is 0 Å². The van der Waals surface area contributed by atoms with Crippen molar-refractivity contribution in [1.82, 2.24) is 9.97 Å². The van der Waals surface area contributed by atoms with Gasteiger partial charge in [0.2, 0.25) is 0 Å². The zero-order valence-corrected chi connectivity index (χ0v) is 7.58. The van der Waals surface area contributed by atoms with E-state index in [4.69, 9.17) is 0 Å². The van der Waals surface area contributed by atoms with Crippen molar-refractivity contribution in [2.45, 2.75) is 0 Å². The fourth-order valence-electron chi connectivity index (χ4n) is 1.42. The maximum absolute atomic E-state index is 4.26. The average molecular weight is 186 g/mol. The highest BCUT2D eigenvalue weighted by Crippen LogP contribution is 2.24. The molecule has 3 heteroatoms. The van der Waals surface area contributed by atoms with Crippen LogP contribution in [0.25, 0.3) is 21.1 Å². The number of thiophene rings is 1. The van der Waals surface area contributed by atoms with E-state index in [1.165, 1.54) is 10.1 Å². The summed E-state index contributed by atoms with van der Waals surface area (Å²) in [5, 5.41) is 3.34. The van der Waals surface area contributed by atoms with Crippen LogP contribution in [0.15, 0.2) is 36.0 Å². The summed E-state index contributed by atoms with van der Waals surface area (Å²) >= 11 is 1.73. The summed E-state index contributed by atoms with van der Waals surface area (Å²) in [6.45, 7) is 0. The summed E-state index contributed by atoms with van der Waals surface area (Å²) in [6.07, 6.45) is 3.45. The molecule has 0 bridgehead atoms. The molecule has 62 valence electrons. The first kappa shape index (κ1) is 6.97. The van der Waals surface area contributed by atoms with Gasteiger partial charge in [-0.05, 0) is 29.0 Å². The number of benzene rings is 1. The van der Waals surface area contributed by atoms with Gasteiger partial charge in [0, 0.05) is 17.1 Å². The summed E-state index contributed by atoms with van der Waals surface area (Å²) in [6, 6.07) is 6.27. The van der Waals surface area contributed by atoms with Crippen LogP contribution in [0.2, 0.25) is 0 Å². The molecule has 0 aliphatic heterocycles. The fraction of sp³-hybridized carbons (Fsp3) is 0. The van der Waals surface area contributed by atoms with Gasteiger partial charge in [0.1, 0.15) is 0 Å². The Balaban J connectivity index is 2.57. The van der Waals surface area contributed by atoms with Gasteiger partial charge in [0.25, 0.3) is 0 Å². The Morgan fingerprint density at radius 1 is 1.00 bits per heavy atom. The molecule has 0 saturated heterocycles. The van der Waals surface area contributed by atoms with Crippen molar-refractivity contribution < 1.29 is 0 Å². The van der Waals surface area contributed by atoms with Crippen LogP contribution in [-0.2, 0) is 0 Å². The van der Waals surface area contributed by atoms with Crippen LogP contribution in [-0.4, -0.2) is 9.97 Å². The highest BCUT2D eigenvalue weighted by Gasteiger charge is 1.99. The number of hydrogen-bond donors (Lipinski definition) is 0. The lowest BCUT2D eigenvalue weighted by atomic mass is 10.2. The lowest BCUT2D eigenvalue weighted by molar-refractivity contribution is 1.30. The van der Waals surface area contributed by atoms with Crippen LogP contribution in [0.5, 0.6) is 0 Å². The van der Waals surface area contributed by atoms with Crippen LogP contribution in [0.3, 0.4) is 0 Å². The minimum absolute atomic E-state index is 0.966. The molecule has 0 spiro atoms. The number of rotatable bonds is 0. The average Bonchev–Trinajstić information content (AvgIpc) is 2.61. The fourth-order valence-corrected chi connectivity index (χ4v) is 2.22. The Kier molecular flexibility index (Phi) is 1.34. The normalized spacial score (nSPS) is 11.1. The molecule has 0 atom stereocenters.